The average molecular weight is 485 g/mol. The third-order valence-corrected chi connectivity index (χ3v) is 6.25. The van der Waals surface area contributed by atoms with Crippen LogP contribution in [0.25, 0.3) is 0 Å². The summed E-state index contributed by atoms with van der Waals surface area (Å²) in [7, 11) is 0. The third kappa shape index (κ3) is 7.84. The molecule has 0 aliphatic carbocycles. The van der Waals surface area contributed by atoms with Gasteiger partial charge in [-0.15, -0.1) is 0 Å². The highest BCUT2D eigenvalue weighted by atomic mass is 16.6. The van der Waals surface area contributed by atoms with E-state index in [9.17, 15) is 15.0 Å². The second-order valence-corrected chi connectivity index (χ2v) is 10.4. The number of hydrogen-bond acceptors (Lipinski definition) is 6. The molecule has 2 unspecified atom stereocenters. The van der Waals surface area contributed by atoms with Crippen LogP contribution >= 0.6 is 0 Å². The molecule has 2 atom stereocenters. The predicted molar refractivity (Wildman–Crippen MR) is 138 cm³/mol. The van der Waals surface area contributed by atoms with E-state index in [-0.39, 0.29) is 30.1 Å². The van der Waals surface area contributed by atoms with Crippen LogP contribution in [-0.2, 0) is 14.9 Å². The van der Waals surface area contributed by atoms with Crippen molar-refractivity contribution in [2.45, 2.75) is 71.7 Å². The van der Waals surface area contributed by atoms with Crippen molar-refractivity contribution in [1.82, 2.24) is 0 Å². The fourth-order valence-electron chi connectivity index (χ4n) is 3.30. The van der Waals surface area contributed by atoms with Gasteiger partial charge in [-0.1, -0.05) is 58.5 Å². The van der Waals surface area contributed by atoms with Crippen LogP contribution in [0.15, 0.2) is 60.7 Å². The lowest BCUT2D eigenvalue weighted by molar-refractivity contribution is -0.146. The zero-order valence-corrected chi connectivity index (χ0v) is 22.0. The molecule has 0 radical (unpaired) electrons. The van der Waals surface area contributed by atoms with E-state index in [4.69, 9.17) is 14.2 Å². The van der Waals surface area contributed by atoms with Gasteiger partial charge in [-0.25, -0.2) is 4.79 Å². The maximum absolute atomic E-state index is 11.6. The smallest absolute Gasteiger partial charge is 0.333 e. The summed E-state index contributed by atoms with van der Waals surface area (Å²) in [5.41, 5.74) is 1.27. The summed E-state index contributed by atoms with van der Waals surface area (Å²) in [6.07, 6.45) is -1.51. The molecule has 0 bridgehead atoms. The molecule has 35 heavy (non-hydrogen) atoms. The second-order valence-electron chi connectivity index (χ2n) is 10.4. The molecule has 0 aliphatic rings. The van der Waals surface area contributed by atoms with Crippen LogP contribution in [-0.4, -0.2) is 47.2 Å². The van der Waals surface area contributed by atoms with Crippen LogP contribution in [0.1, 0.15) is 59.6 Å². The van der Waals surface area contributed by atoms with Crippen molar-refractivity contribution in [2.75, 3.05) is 13.2 Å². The van der Waals surface area contributed by atoms with Crippen LogP contribution < -0.4 is 9.47 Å². The van der Waals surface area contributed by atoms with Gasteiger partial charge in [0, 0.05) is 11.0 Å². The molecule has 0 saturated carbocycles. The molecule has 2 aromatic rings. The number of carbonyl (C=O) groups excluding carboxylic acids is 1. The molecular formula is C29H40O6. The number of aliphatic hydroxyl groups excluding tert-OH is 2. The highest BCUT2D eigenvalue weighted by molar-refractivity contribution is 5.86. The van der Waals surface area contributed by atoms with E-state index < -0.39 is 23.8 Å². The number of rotatable bonds is 12. The third-order valence-electron chi connectivity index (χ3n) is 6.25. The summed E-state index contributed by atoms with van der Waals surface area (Å²) in [5, 5.41) is 20.4. The Morgan fingerprint density at radius 1 is 0.886 bits per heavy atom. The molecule has 0 aliphatic heterocycles. The van der Waals surface area contributed by atoms with E-state index in [1.807, 2.05) is 62.4 Å². The lowest BCUT2D eigenvalue weighted by Crippen LogP contribution is -2.45. The Morgan fingerprint density at radius 3 is 1.83 bits per heavy atom. The van der Waals surface area contributed by atoms with Gasteiger partial charge in [-0.3, -0.25) is 0 Å². The maximum atomic E-state index is 11.6. The van der Waals surface area contributed by atoms with Gasteiger partial charge in [-0.05, 0) is 62.1 Å². The summed E-state index contributed by atoms with van der Waals surface area (Å²) in [6.45, 7) is 16.9. The van der Waals surface area contributed by atoms with Crippen molar-refractivity contribution in [2.24, 2.45) is 5.92 Å². The van der Waals surface area contributed by atoms with Crippen molar-refractivity contribution >= 4 is 5.97 Å². The van der Waals surface area contributed by atoms with Crippen molar-refractivity contribution < 1.29 is 29.2 Å². The second kappa shape index (κ2) is 11.7. The zero-order valence-electron chi connectivity index (χ0n) is 22.0. The van der Waals surface area contributed by atoms with Gasteiger partial charge in [0.2, 0.25) is 0 Å². The molecule has 0 fully saturated rings. The van der Waals surface area contributed by atoms with Gasteiger partial charge in [0.25, 0.3) is 0 Å². The highest BCUT2D eigenvalue weighted by Crippen LogP contribution is 2.34. The van der Waals surface area contributed by atoms with Crippen molar-refractivity contribution in [3.8, 4) is 11.5 Å². The Balaban J connectivity index is 2.04. The quantitative estimate of drug-likeness (QED) is 0.324. The van der Waals surface area contributed by atoms with E-state index >= 15 is 0 Å². The monoisotopic (exact) mass is 484 g/mol. The van der Waals surface area contributed by atoms with Crippen molar-refractivity contribution in [3.05, 3.63) is 71.8 Å². The first kappa shape index (κ1) is 28.4. The first-order valence-corrected chi connectivity index (χ1v) is 12.0. The summed E-state index contributed by atoms with van der Waals surface area (Å²) in [6, 6.07) is 15.7. The van der Waals surface area contributed by atoms with E-state index in [1.165, 1.54) is 0 Å². The molecule has 0 spiro atoms. The predicted octanol–water partition coefficient (Wildman–Crippen LogP) is 5.05. The maximum Gasteiger partial charge on any atom is 0.333 e. The Hall–Kier alpha value is -2.83. The minimum atomic E-state index is -1.01. The van der Waals surface area contributed by atoms with Gasteiger partial charge < -0.3 is 24.4 Å². The molecule has 2 aromatic carbocycles. The van der Waals surface area contributed by atoms with E-state index in [1.54, 1.807) is 20.8 Å². The lowest BCUT2D eigenvalue weighted by Gasteiger charge is -2.32. The summed E-state index contributed by atoms with van der Waals surface area (Å²) in [5.74, 6) is 0.933. The fraction of sp³-hybridized carbons (Fsp3) is 0.483. The van der Waals surface area contributed by atoms with E-state index in [0.717, 1.165) is 16.9 Å². The van der Waals surface area contributed by atoms with Gasteiger partial charge in [0.05, 0.1) is 6.10 Å². The Labute approximate surface area is 209 Å². The van der Waals surface area contributed by atoms with Crippen LogP contribution in [0, 0.1) is 5.92 Å². The number of carbonyl (C=O) groups is 1. The van der Waals surface area contributed by atoms with E-state index in [2.05, 4.69) is 20.4 Å². The molecule has 2 rings (SSSR count). The molecule has 192 valence electrons. The number of ether oxygens (including phenoxy) is 3. The molecule has 2 N–H and O–H groups in total. The average Bonchev–Trinajstić information content (AvgIpc) is 2.80. The molecule has 0 saturated heterocycles. The van der Waals surface area contributed by atoms with Crippen molar-refractivity contribution in [3.63, 3.8) is 0 Å². The SMILES string of the molecule is C=C(C)C(=O)OCC(O)C(C)(C)Oc1ccc(C(C)(C)c2ccc(OCC(O)C(C)C)cc2)cc1. The fourth-order valence-corrected chi connectivity index (χ4v) is 3.30. The molecule has 6 nitrogen and oxygen atoms in total. The van der Waals surface area contributed by atoms with E-state index in [0.29, 0.717) is 5.75 Å². The van der Waals surface area contributed by atoms with Gasteiger partial charge in [-0.2, -0.15) is 0 Å². The number of hydrogen-bond donors (Lipinski definition) is 2. The standard InChI is InChI=1S/C29H40O6/c1-19(2)25(30)17-33-23-13-9-21(10-14-23)28(5,6)22-11-15-24(16-12-22)35-29(7,8)26(31)18-34-27(32)20(3)4/h9-16,19,25-26,30-31H,3,17-18H2,1-2,4-8H3. The molecule has 0 heterocycles. The Morgan fingerprint density at radius 2 is 1.37 bits per heavy atom. The summed E-state index contributed by atoms with van der Waals surface area (Å²) < 4.78 is 16.8. The van der Waals surface area contributed by atoms with Gasteiger partial charge >= 0.3 is 5.97 Å². The first-order valence-electron chi connectivity index (χ1n) is 12.0. The minimum absolute atomic E-state index is 0.146. The normalized spacial score (nSPS) is 13.8. The van der Waals surface area contributed by atoms with Crippen LogP contribution in [0.3, 0.4) is 0 Å². The Bertz CT molecular complexity index is 973. The number of esters is 1. The van der Waals surface area contributed by atoms with Gasteiger partial charge in [0.1, 0.15) is 36.4 Å². The largest absolute Gasteiger partial charge is 0.491 e. The van der Waals surface area contributed by atoms with Crippen molar-refractivity contribution in [1.29, 1.82) is 0 Å². The van der Waals surface area contributed by atoms with Crippen LogP contribution in [0.4, 0.5) is 0 Å². The molecule has 0 amide bonds. The van der Waals surface area contributed by atoms with Gasteiger partial charge in [0.15, 0.2) is 0 Å². The zero-order chi connectivity index (χ0) is 26.4. The molecular weight excluding hydrogens is 444 g/mol. The molecule has 0 aromatic heterocycles. The summed E-state index contributed by atoms with van der Waals surface area (Å²) in [4.78, 5) is 11.6. The number of benzene rings is 2. The van der Waals surface area contributed by atoms with Crippen LogP contribution in [0.2, 0.25) is 0 Å². The van der Waals surface area contributed by atoms with Crippen LogP contribution in [0.5, 0.6) is 11.5 Å². The lowest BCUT2D eigenvalue weighted by atomic mass is 9.78. The summed E-state index contributed by atoms with van der Waals surface area (Å²) >= 11 is 0. The molecule has 6 heteroatoms. The Kier molecular flexibility index (Phi) is 9.52. The first-order chi connectivity index (χ1) is 16.2. The topological polar surface area (TPSA) is 85.2 Å². The number of aliphatic hydroxyl groups is 2. The minimum Gasteiger partial charge on any atom is -0.491 e. The highest BCUT2D eigenvalue weighted by Gasteiger charge is 2.32.